The second-order valence-electron chi connectivity index (χ2n) is 4.45. The van der Waals surface area contributed by atoms with Gasteiger partial charge in [-0.15, -0.1) is 0 Å². The Morgan fingerprint density at radius 3 is 2.14 bits per heavy atom. The van der Waals surface area contributed by atoms with Crippen molar-refractivity contribution in [3.63, 3.8) is 0 Å². The molecule has 0 aliphatic rings. The van der Waals surface area contributed by atoms with E-state index in [1.807, 2.05) is 0 Å². The number of aromatic nitrogens is 2. The molecule has 0 N–H and O–H groups in total. The summed E-state index contributed by atoms with van der Waals surface area (Å²) in [5.41, 5.74) is 0.496. The quantitative estimate of drug-likeness (QED) is 0.640. The summed E-state index contributed by atoms with van der Waals surface area (Å²) in [7, 11) is 0. The first-order valence-corrected chi connectivity index (χ1v) is 6.31. The largest absolute Gasteiger partial charge is 0.361 e. The second kappa shape index (κ2) is 6.07. The lowest BCUT2D eigenvalue weighted by Gasteiger charge is -2.23. The predicted molar refractivity (Wildman–Crippen MR) is 69.8 cm³/mol. The summed E-state index contributed by atoms with van der Waals surface area (Å²) in [6, 6.07) is 5.18. The number of nitrogens with zero attached hydrogens (tertiary/aromatic N) is 3. The second-order valence-corrected chi connectivity index (χ2v) is 4.45. The minimum atomic E-state index is -1.67. The smallest absolute Gasteiger partial charge is 0.253 e. The first kappa shape index (κ1) is 15.2. The molecule has 21 heavy (non-hydrogen) atoms. The van der Waals surface area contributed by atoms with Crippen LogP contribution in [-0.4, -0.2) is 16.5 Å². The van der Waals surface area contributed by atoms with E-state index in [0.717, 1.165) is 5.69 Å². The molecule has 3 nitrogen and oxygen atoms in total. The lowest BCUT2D eigenvalue weighted by molar-refractivity contribution is 0.405. The van der Waals surface area contributed by atoms with Crippen LogP contribution < -0.4 is 4.90 Å². The highest BCUT2D eigenvalue weighted by Crippen LogP contribution is 2.27. The van der Waals surface area contributed by atoms with Crippen molar-refractivity contribution in [1.29, 1.82) is 0 Å². The molecule has 0 fully saturated rings. The van der Waals surface area contributed by atoms with Gasteiger partial charge in [0.05, 0.1) is 12.2 Å². The van der Waals surface area contributed by atoms with Gasteiger partial charge >= 0.3 is 0 Å². The Bertz CT molecular complexity index is 635. The summed E-state index contributed by atoms with van der Waals surface area (Å²) in [6.45, 7) is 3.55. The van der Waals surface area contributed by atoms with Gasteiger partial charge in [0.15, 0.2) is 0 Å². The first-order chi connectivity index (χ1) is 9.93. The van der Waals surface area contributed by atoms with Crippen molar-refractivity contribution in [3.05, 3.63) is 53.1 Å². The van der Waals surface area contributed by atoms with Crippen molar-refractivity contribution in [3.8, 4) is 0 Å². The van der Waals surface area contributed by atoms with E-state index in [-0.39, 0.29) is 13.1 Å². The zero-order valence-electron chi connectivity index (χ0n) is 11.5. The van der Waals surface area contributed by atoms with E-state index in [9.17, 15) is 17.6 Å². The summed E-state index contributed by atoms with van der Waals surface area (Å²) in [5.74, 6) is -6.36. The highest BCUT2D eigenvalue weighted by molar-refractivity contribution is 5.48. The third-order valence-electron chi connectivity index (χ3n) is 2.97. The van der Waals surface area contributed by atoms with Gasteiger partial charge < -0.3 is 4.90 Å². The van der Waals surface area contributed by atoms with Crippen LogP contribution in [0.3, 0.4) is 0 Å². The van der Waals surface area contributed by atoms with Crippen molar-refractivity contribution >= 4 is 5.69 Å². The minimum absolute atomic E-state index is 0.0227. The molecule has 0 radical (unpaired) electrons. The van der Waals surface area contributed by atoms with Crippen LogP contribution in [0.4, 0.5) is 23.2 Å². The predicted octanol–water partition coefficient (Wildman–Crippen LogP) is 3.37. The molecule has 2 heterocycles. The first-order valence-electron chi connectivity index (χ1n) is 6.31. The lowest BCUT2D eigenvalue weighted by Crippen LogP contribution is -2.26. The summed E-state index contributed by atoms with van der Waals surface area (Å²) in [4.78, 5) is 7.91. The minimum Gasteiger partial charge on any atom is -0.361 e. The van der Waals surface area contributed by atoms with Gasteiger partial charge in [-0.25, -0.2) is 0 Å². The van der Waals surface area contributed by atoms with Crippen LogP contribution in [0.2, 0.25) is 0 Å². The van der Waals surface area contributed by atoms with Crippen LogP contribution in [0, 0.1) is 30.5 Å². The summed E-state index contributed by atoms with van der Waals surface area (Å²) < 4.78 is 53.9. The molecule has 112 valence electrons. The van der Waals surface area contributed by atoms with E-state index >= 15 is 0 Å². The third kappa shape index (κ3) is 3.12. The summed E-state index contributed by atoms with van der Waals surface area (Å²) in [6.07, 6.45) is 0. The fourth-order valence-corrected chi connectivity index (χ4v) is 1.99. The molecule has 0 amide bonds. The van der Waals surface area contributed by atoms with Crippen molar-refractivity contribution in [1.82, 2.24) is 9.97 Å². The van der Waals surface area contributed by atoms with Crippen LogP contribution in [0.5, 0.6) is 0 Å². The Balaban J connectivity index is 2.43. The highest BCUT2D eigenvalue weighted by atomic mass is 19.2. The zero-order valence-corrected chi connectivity index (χ0v) is 11.5. The molecular weight excluding hydrogens is 286 g/mol. The van der Waals surface area contributed by atoms with Gasteiger partial charge in [-0.3, -0.25) is 4.98 Å². The van der Waals surface area contributed by atoms with Gasteiger partial charge in [-0.2, -0.15) is 22.5 Å². The highest BCUT2D eigenvalue weighted by Gasteiger charge is 2.25. The molecule has 0 aliphatic carbocycles. The van der Waals surface area contributed by atoms with Crippen LogP contribution in [0.25, 0.3) is 0 Å². The van der Waals surface area contributed by atoms with Gasteiger partial charge in [0.1, 0.15) is 5.69 Å². The number of pyridine rings is 2. The number of hydrogen-bond donors (Lipinski definition) is 0. The molecule has 0 saturated heterocycles. The molecule has 7 heteroatoms. The van der Waals surface area contributed by atoms with Crippen molar-refractivity contribution in [2.45, 2.75) is 20.4 Å². The Morgan fingerprint density at radius 1 is 1.00 bits per heavy atom. The fourth-order valence-electron chi connectivity index (χ4n) is 1.99. The maximum Gasteiger partial charge on any atom is 0.253 e. The van der Waals surface area contributed by atoms with Gasteiger partial charge in [-0.05, 0) is 26.0 Å². The van der Waals surface area contributed by atoms with E-state index < -0.39 is 29.2 Å². The molecular formula is C14H13F4N3. The molecule has 0 aliphatic heterocycles. The van der Waals surface area contributed by atoms with Gasteiger partial charge in [0.2, 0.25) is 11.6 Å². The molecule has 2 aromatic rings. The van der Waals surface area contributed by atoms with Gasteiger partial charge in [0, 0.05) is 12.2 Å². The molecule has 0 saturated carbocycles. The number of rotatable bonds is 4. The maximum absolute atomic E-state index is 13.8. The molecule has 0 unspecified atom stereocenters. The fraction of sp³-hybridized carbons (Fsp3) is 0.286. The van der Waals surface area contributed by atoms with E-state index in [4.69, 9.17) is 0 Å². The third-order valence-corrected chi connectivity index (χ3v) is 2.97. The van der Waals surface area contributed by atoms with E-state index in [0.29, 0.717) is 5.69 Å². The van der Waals surface area contributed by atoms with Crippen LogP contribution in [0.1, 0.15) is 18.3 Å². The molecule has 2 aromatic heterocycles. The topological polar surface area (TPSA) is 29.0 Å². The molecule has 0 atom stereocenters. The maximum atomic E-state index is 13.8. The number of halogens is 4. The average Bonchev–Trinajstić information content (AvgIpc) is 2.44. The molecule has 0 bridgehead atoms. The lowest BCUT2D eigenvalue weighted by atomic mass is 10.2. The van der Waals surface area contributed by atoms with E-state index in [1.54, 1.807) is 32.0 Å². The molecule has 0 spiro atoms. The van der Waals surface area contributed by atoms with Crippen LogP contribution in [-0.2, 0) is 6.54 Å². The van der Waals surface area contributed by atoms with E-state index in [2.05, 4.69) is 9.97 Å². The number of hydrogen-bond acceptors (Lipinski definition) is 3. The average molecular weight is 299 g/mol. The Hall–Kier alpha value is -2.18. The van der Waals surface area contributed by atoms with Crippen molar-refractivity contribution in [2.24, 2.45) is 0 Å². The number of aryl methyl sites for hydroxylation is 1. The Morgan fingerprint density at radius 2 is 1.62 bits per heavy atom. The Labute approximate surface area is 119 Å². The monoisotopic (exact) mass is 299 g/mol. The number of anilines is 1. The summed E-state index contributed by atoms with van der Waals surface area (Å²) >= 11 is 0. The SMILES string of the molecule is CCN(Cc1cccc(C)n1)c1c(F)c(F)nc(F)c1F. The molecule has 2 rings (SSSR count). The normalized spacial score (nSPS) is 10.8. The zero-order chi connectivity index (χ0) is 15.6. The van der Waals surface area contributed by atoms with Crippen molar-refractivity contribution in [2.75, 3.05) is 11.4 Å². The van der Waals surface area contributed by atoms with Crippen LogP contribution >= 0.6 is 0 Å². The Kier molecular flexibility index (Phi) is 4.40. The van der Waals surface area contributed by atoms with Gasteiger partial charge in [-0.1, -0.05) is 6.07 Å². The summed E-state index contributed by atoms with van der Waals surface area (Å²) in [5, 5.41) is 0. The van der Waals surface area contributed by atoms with Crippen LogP contribution in [0.15, 0.2) is 18.2 Å². The molecule has 0 aromatic carbocycles. The van der Waals surface area contributed by atoms with E-state index in [1.165, 1.54) is 4.90 Å². The standard InChI is InChI=1S/C14H13F4N3/c1-3-21(7-9-6-4-5-8(2)19-9)12-10(15)13(17)20-14(18)11(12)16/h4-6H,3,7H2,1-2H3. The van der Waals surface area contributed by atoms with Crippen molar-refractivity contribution < 1.29 is 17.6 Å². The van der Waals surface area contributed by atoms with Gasteiger partial charge in [0.25, 0.3) is 11.9 Å².